The van der Waals surface area contributed by atoms with E-state index in [1.165, 1.54) is 7.11 Å². The van der Waals surface area contributed by atoms with Gasteiger partial charge >= 0.3 is 0 Å². The second-order valence-electron chi connectivity index (χ2n) is 4.00. The molecule has 5 nitrogen and oxygen atoms in total. The van der Waals surface area contributed by atoms with Crippen LogP contribution in [0.2, 0.25) is 0 Å². The van der Waals surface area contributed by atoms with Crippen LogP contribution in [-0.4, -0.2) is 28.5 Å². The van der Waals surface area contributed by atoms with E-state index in [9.17, 15) is 4.79 Å². The minimum atomic E-state index is -0.757. The molecule has 1 amide bonds. The summed E-state index contributed by atoms with van der Waals surface area (Å²) in [5.74, 6) is -0.0588. The van der Waals surface area contributed by atoms with Crippen molar-refractivity contribution in [3.05, 3.63) is 23.9 Å². The molecule has 0 atom stereocenters. The monoisotopic (exact) mass is 253 g/mol. The summed E-state index contributed by atoms with van der Waals surface area (Å²) in [6.07, 6.45) is 1.55. The minimum Gasteiger partial charge on any atom is -0.480 e. The Hall–Kier alpha value is -1.69. The highest BCUT2D eigenvalue weighted by molar-refractivity contribution is 7.80. The maximum atomic E-state index is 12.0. The number of methoxy groups -OCH3 is 1. The van der Waals surface area contributed by atoms with Crippen molar-refractivity contribution in [3.8, 4) is 5.88 Å². The number of carbonyl (C=O) groups excluding carboxylic acids is 1. The molecule has 0 unspecified atom stereocenters. The fourth-order valence-corrected chi connectivity index (χ4v) is 1.19. The summed E-state index contributed by atoms with van der Waals surface area (Å²) in [6.45, 7) is 3.46. The van der Waals surface area contributed by atoms with Gasteiger partial charge in [0.25, 0.3) is 5.91 Å². The zero-order chi connectivity index (χ0) is 13.1. The first-order valence-electron chi connectivity index (χ1n) is 5.00. The molecule has 1 aromatic heterocycles. The van der Waals surface area contributed by atoms with Gasteiger partial charge in [-0.25, -0.2) is 4.98 Å². The van der Waals surface area contributed by atoms with Crippen molar-refractivity contribution < 1.29 is 9.53 Å². The third-order valence-electron chi connectivity index (χ3n) is 2.25. The van der Waals surface area contributed by atoms with Crippen LogP contribution in [0, 0.1) is 0 Å². The topological polar surface area (TPSA) is 77.2 Å². The van der Waals surface area contributed by atoms with Crippen molar-refractivity contribution in [2.75, 3.05) is 7.11 Å². The molecule has 1 rings (SSSR count). The average Bonchev–Trinajstić information content (AvgIpc) is 2.28. The number of carbonyl (C=O) groups is 1. The number of ether oxygens (including phenoxy) is 1. The van der Waals surface area contributed by atoms with Crippen molar-refractivity contribution in [2.24, 2.45) is 5.73 Å². The maximum absolute atomic E-state index is 12.0. The van der Waals surface area contributed by atoms with E-state index >= 15 is 0 Å². The van der Waals surface area contributed by atoms with Gasteiger partial charge in [0, 0.05) is 6.20 Å². The van der Waals surface area contributed by atoms with Gasteiger partial charge in [-0.3, -0.25) is 4.79 Å². The van der Waals surface area contributed by atoms with Gasteiger partial charge in [0.15, 0.2) is 0 Å². The molecule has 3 N–H and O–H groups in total. The number of nitrogens with one attached hydrogen (secondary N) is 1. The van der Waals surface area contributed by atoms with Gasteiger partial charge < -0.3 is 15.8 Å². The minimum absolute atomic E-state index is 0.216. The number of amides is 1. The van der Waals surface area contributed by atoms with E-state index < -0.39 is 5.54 Å². The number of nitrogens with two attached hydrogens (primary N) is 1. The third kappa shape index (κ3) is 3.13. The van der Waals surface area contributed by atoms with E-state index in [1.54, 1.807) is 32.2 Å². The highest BCUT2D eigenvalue weighted by Gasteiger charge is 2.25. The van der Waals surface area contributed by atoms with Crippen molar-refractivity contribution in [3.63, 3.8) is 0 Å². The lowest BCUT2D eigenvalue weighted by atomic mass is 10.1. The predicted molar refractivity (Wildman–Crippen MR) is 69.1 cm³/mol. The Bertz CT molecular complexity index is 446. The molecule has 0 saturated heterocycles. The van der Waals surface area contributed by atoms with E-state index in [0.29, 0.717) is 5.56 Å². The number of aromatic nitrogens is 1. The molecule has 92 valence electrons. The normalized spacial score (nSPS) is 10.8. The largest absolute Gasteiger partial charge is 0.480 e. The Morgan fingerprint density at radius 1 is 1.59 bits per heavy atom. The van der Waals surface area contributed by atoms with E-state index in [4.69, 9.17) is 22.7 Å². The molecule has 0 aliphatic rings. The van der Waals surface area contributed by atoms with Gasteiger partial charge in [0.05, 0.1) is 17.6 Å². The summed E-state index contributed by atoms with van der Waals surface area (Å²) >= 11 is 4.88. The molecule has 0 aliphatic carbocycles. The van der Waals surface area contributed by atoms with Gasteiger partial charge in [-0.1, -0.05) is 12.2 Å². The first-order chi connectivity index (χ1) is 7.88. The highest BCUT2D eigenvalue weighted by Crippen LogP contribution is 2.14. The highest BCUT2D eigenvalue weighted by atomic mass is 32.1. The number of hydrogen-bond donors (Lipinski definition) is 2. The Morgan fingerprint density at radius 2 is 2.24 bits per heavy atom. The Labute approximate surface area is 105 Å². The van der Waals surface area contributed by atoms with Crippen LogP contribution in [0.1, 0.15) is 24.2 Å². The second kappa shape index (κ2) is 5.09. The third-order valence-corrected chi connectivity index (χ3v) is 2.76. The molecular formula is C11H15N3O2S. The van der Waals surface area contributed by atoms with Gasteiger partial charge in [-0.2, -0.15) is 0 Å². The van der Waals surface area contributed by atoms with Crippen LogP contribution < -0.4 is 15.8 Å². The van der Waals surface area contributed by atoms with Crippen LogP contribution in [0.3, 0.4) is 0 Å². The van der Waals surface area contributed by atoms with Crippen LogP contribution in [-0.2, 0) is 0 Å². The molecule has 17 heavy (non-hydrogen) atoms. The Kier molecular flexibility index (Phi) is 4.01. The fourth-order valence-electron chi connectivity index (χ4n) is 1.14. The summed E-state index contributed by atoms with van der Waals surface area (Å²) in [4.78, 5) is 16.2. The molecule has 0 bridgehead atoms. The van der Waals surface area contributed by atoms with Crippen LogP contribution >= 0.6 is 12.2 Å². The van der Waals surface area contributed by atoms with Crippen LogP contribution in [0.15, 0.2) is 18.3 Å². The Morgan fingerprint density at radius 3 is 2.76 bits per heavy atom. The van der Waals surface area contributed by atoms with Gasteiger partial charge in [0.2, 0.25) is 5.88 Å². The SMILES string of the molecule is COc1ncccc1C(=O)NC(C)(C)C(N)=S. The van der Waals surface area contributed by atoms with E-state index in [2.05, 4.69) is 10.3 Å². The molecule has 1 aromatic rings. The number of pyridine rings is 1. The van der Waals surface area contributed by atoms with E-state index in [-0.39, 0.29) is 16.8 Å². The molecule has 0 saturated carbocycles. The quantitative estimate of drug-likeness (QED) is 0.779. The van der Waals surface area contributed by atoms with Crippen molar-refractivity contribution in [2.45, 2.75) is 19.4 Å². The molecule has 0 fully saturated rings. The van der Waals surface area contributed by atoms with Crippen LogP contribution in [0.4, 0.5) is 0 Å². The number of rotatable bonds is 4. The van der Waals surface area contributed by atoms with E-state index in [0.717, 1.165) is 0 Å². The summed E-state index contributed by atoms with van der Waals surface area (Å²) in [5.41, 5.74) is 5.13. The molecule has 0 aromatic carbocycles. The Balaban J connectivity index is 2.94. The standard InChI is InChI=1S/C11H15N3O2S/c1-11(2,10(12)17)14-8(15)7-5-4-6-13-9(7)16-3/h4-6H,1-3H3,(H2,12,17)(H,14,15). The van der Waals surface area contributed by atoms with Crippen molar-refractivity contribution >= 4 is 23.1 Å². The fraction of sp³-hybridized carbons (Fsp3) is 0.364. The van der Waals surface area contributed by atoms with Gasteiger partial charge in [0.1, 0.15) is 5.56 Å². The zero-order valence-electron chi connectivity index (χ0n) is 9.98. The molecule has 0 spiro atoms. The predicted octanol–water partition coefficient (Wildman–Crippen LogP) is 0.885. The molecule has 0 aliphatic heterocycles. The van der Waals surface area contributed by atoms with Gasteiger partial charge in [-0.15, -0.1) is 0 Å². The second-order valence-corrected chi connectivity index (χ2v) is 4.44. The zero-order valence-corrected chi connectivity index (χ0v) is 10.8. The first kappa shape index (κ1) is 13.4. The van der Waals surface area contributed by atoms with Crippen molar-refractivity contribution in [1.29, 1.82) is 0 Å². The van der Waals surface area contributed by atoms with Crippen LogP contribution in [0.5, 0.6) is 5.88 Å². The molecule has 0 radical (unpaired) electrons. The number of nitrogens with zero attached hydrogens (tertiary/aromatic N) is 1. The first-order valence-corrected chi connectivity index (χ1v) is 5.40. The lowest BCUT2D eigenvalue weighted by Gasteiger charge is -2.24. The van der Waals surface area contributed by atoms with Crippen molar-refractivity contribution in [1.82, 2.24) is 10.3 Å². The number of thiocarbonyl (C=S) groups is 1. The summed E-state index contributed by atoms with van der Waals surface area (Å²) in [6, 6.07) is 3.28. The lowest BCUT2D eigenvalue weighted by molar-refractivity contribution is 0.0928. The van der Waals surface area contributed by atoms with E-state index in [1.807, 2.05) is 0 Å². The summed E-state index contributed by atoms with van der Waals surface area (Å²) in [7, 11) is 1.46. The lowest BCUT2D eigenvalue weighted by Crippen LogP contribution is -2.52. The summed E-state index contributed by atoms with van der Waals surface area (Å²) < 4.78 is 5.01. The average molecular weight is 253 g/mol. The van der Waals surface area contributed by atoms with Gasteiger partial charge in [-0.05, 0) is 26.0 Å². The molecular weight excluding hydrogens is 238 g/mol. The summed E-state index contributed by atoms with van der Waals surface area (Å²) in [5, 5.41) is 2.72. The maximum Gasteiger partial charge on any atom is 0.257 e. The molecule has 1 heterocycles. The molecule has 6 heteroatoms. The smallest absolute Gasteiger partial charge is 0.257 e. The van der Waals surface area contributed by atoms with Crippen LogP contribution in [0.25, 0.3) is 0 Å². The number of hydrogen-bond acceptors (Lipinski definition) is 4.